The van der Waals surface area contributed by atoms with E-state index in [0.29, 0.717) is 0 Å². The maximum Gasteiger partial charge on any atom is 1.00 e. The molecule has 3 N–H and O–H groups in total. The second-order valence-corrected chi connectivity index (χ2v) is 4.06. The van der Waals surface area contributed by atoms with Crippen LogP contribution >= 0.6 is 0 Å². The molecule has 0 bridgehead atoms. The fourth-order valence-corrected chi connectivity index (χ4v) is 1.93. The maximum absolute atomic E-state index is 10.9. The molecule has 1 rings (SSSR count). The first-order chi connectivity index (χ1) is 7.25. The van der Waals surface area contributed by atoms with E-state index in [4.69, 9.17) is 14.8 Å². The van der Waals surface area contributed by atoms with Crippen molar-refractivity contribution in [2.45, 2.75) is 4.90 Å². The van der Waals surface area contributed by atoms with Gasteiger partial charge in [-0.25, -0.2) is 0 Å². The largest absolute Gasteiger partial charge is 1.00 e. The van der Waals surface area contributed by atoms with Crippen molar-refractivity contribution in [1.82, 2.24) is 0 Å². The standard InChI is InChI=1S/C8H5O7S.Li/c9-7(10)4-2-1-3-5(8(11)12)6(4)16(13,14)15;/h2-3H,(H,9,10)(H,11,12)(H,13,14,15);/q-1;+1. The van der Waals surface area contributed by atoms with Gasteiger partial charge < -0.3 is 10.2 Å². The van der Waals surface area contributed by atoms with Crippen molar-refractivity contribution in [2.24, 2.45) is 0 Å². The van der Waals surface area contributed by atoms with Crippen LogP contribution in [0.5, 0.6) is 0 Å². The third-order valence-electron chi connectivity index (χ3n) is 1.66. The van der Waals surface area contributed by atoms with Gasteiger partial charge in [0, 0.05) is 4.90 Å². The van der Waals surface area contributed by atoms with Crippen LogP contribution in [-0.4, -0.2) is 35.1 Å². The first kappa shape index (κ1) is 15.7. The van der Waals surface area contributed by atoms with Crippen LogP contribution in [0.15, 0.2) is 17.0 Å². The number of carboxylic acids is 2. The molecule has 7 nitrogen and oxygen atoms in total. The third-order valence-corrected chi connectivity index (χ3v) is 2.62. The van der Waals surface area contributed by atoms with Crippen LogP contribution in [0.3, 0.4) is 0 Å². The smallest absolute Gasteiger partial charge is 0.487 e. The summed E-state index contributed by atoms with van der Waals surface area (Å²) < 4.78 is 30.6. The fraction of sp³-hybridized carbons (Fsp3) is 0. The van der Waals surface area contributed by atoms with Crippen molar-refractivity contribution < 1.29 is 51.6 Å². The van der Waals surface area contributed by atoms with E-state index < -0.39 is 38.1 Å². The molecule has 0 unspecified atom stereocenters. The van der Waals surface area contributed by atoms with Gasteiger partial charge in [-0.3, -0.25) is 14.1 Å². The number of aromatic carboxylic acids is 2. The Balaban J connectivity index is 0.00000256. The third kappa shape index (κ3) is 3.31. The molecule has 0 aliphatic carbocycles. The molecular weight excluding hydrogens is 247 g/mol. The second kappa shape index (κ2) is 5.33. The first-order valence-electron chi connectivity index (χ1n) is 3.73. The van der Waals surface area contributed by atoms with Gasteiger partial charge in [-0.2, -0.15) is 26.6 Å². The van der Waals surface area contributed by atoms with Crippen molar-refractivity contribution in [2.75, 3.05) is 0 Å². The van der Waals surface area contributed by atoms with Crippen LogP contribution < -0.4 is 18.9 Å². The molecule has 0 fully saturated rings. The van der Waals surface area contributed by atoms with Crippen molar-refractivity contribution in [3.63, 3.8) is 0 Å². The van der Waals surface area contributed by atoms with Gasteiger partial charge >= 0.3 is 18.9 Å². The summed E-state index contributed by atoms with van der Waals surface area (Å²) in [5.41, 5.74) is -1.69. The number of rotatable bonds is 3. The molecule has 0 aliphatic heterocycles. The summed E-state index contributed by atoms with van der Waals surface area (Å²) in [7, 11) is -4.94. The minimum absolute atomic E-state index is 0. The number of carboxylic acid groups (broad SMARTS) is 2. The average Bonchev–Trinajstić information content (AvgIpc) is 2.15. The zero-order valence-corrected chi connectivity index (χ0v) is 9.35. The molecule has 9 heteroatoms. The predicted octanol–water partition coefficient (Wildman–Crippen LogP) is -2.87. The Labute approximate surface area is 108 Å². The SMILES string of the molecule is O=C(O)c1c[c-]cc(C(=O)O)c1S(=O)(=O)O.[Li+]. The van der Waals surface area contributed by atoms with E-state index in [1.54, 1.807) is 0 Å². The Hall–Kier alpha value is -1.33. The number of hydrogen-bond donors (Lipinski definition) is 3. The second-order valence-electron chi connectivity index (χ2n) is 2.70. The van der Waals surface area contributed by atoms with Crippen molar-refractivity contribution in [3.05, 3.63) is 29.3 Å². The summed E-state index contributed by atoms with van der Waals surface area (Å²) in [6.45, 7) is 0. The van der Waals surface area contributed by atoms with E-state index in [0.717, 1.165) is 12.1 Å². The summed E-state index contributed by atoms with van der Waals surface area (Å²) in [5.74, 6) is -3.35. The number of carbonyl (C=O) groups is 2. The van der Waals surface area contributed by atoms with Crippen LogP contribution in [0.25, 0.3) is 0 Å². The topological polar surface area (TPSA) is 129 Å². The molecule has 0 aromatic heterocycles. The molecule has 1 aromatic carbocycles. The van der Waals surface area contributed by atoms with Gasteiger partial charge in [0.2, 0.25) is 0 Å². The normalized spacial score (nSPS) is 10.4. The van der Waals surface area contributed by atoms with Crippen LogP contribution in [0, 0.1) is 6.07 Å². The molecule has 17 heavy (non-hydrogen) atoms. The molecule has 0 spiro atoms. The van der Waals surface area contributed by atoms with Gasteiger partial charge in [0.15, 0.2) is 0 Å². The van der Waals surface area contributed by atoms with Crippen molar-refractivity contribution in [3.8, 4) is 0 Å². The molecule has 1 aromatic rings. The van der Waals surface area contributed by atoms with E-state index in [2.05, 4.69) is 6.07 Å². The van der Waals surface area contributed by atoms with E-state index in [-0.39, 0.29) is 18.9 Å². The summed E-state index contributed by atoms with van der Waals surface area (Å²) >= 11 is 0. The zero-order chi connectivity index (χ0) is 12.5. The van der Waals surface area contributed by atoms with Gasteiger partial charge in [0.25, 0.3) is 22.1 Å². The number of hydrogen-bond acceptors (Lipinski definition) is 4. The monoisotopic (exact) mass is 252 g/mol. The Bertz CT molecular complexity index is 531. The van der Waals surface area contributed by atoms with Crippen LogP contribution in [0.4, 0.5) is 0 Å². The average molecular weight is 252 g/mol. The predicted molar refractivity (Wildman–Crippen MR) is 49.0 cm³/mol. The summed E-state index contributed by atoms with van der Waals surface area (Å²) in [6.07, 6.45) is 0. The van der Waals surface area contributed by atoms with E-state index in [1.807, 2.05) is 0 Å². The maximum atomic E-state index is 10.9. The molecule has 0 amide bonds. The molecule has 0 atom stereocenters. The van der Waals surface area contributed by atoms with E-state index in [9.17, 15) is 18.0 Å². The molecule has 86 valence electrons. The Kier molecular flexibility index (Phi) is 4.91. The summed E-state index contributed by atoms with van der Waals surface area (Å²) in [6, 6.07) is 3.69. The summed E-state index contributed by atoms with van der Waals surface area (Å²) in [5, 5.41) is 17.3. The van der Waals surface area contributed by atoms with Gasteiger partial charge in [-0.1, -0.05) is 0 Å². The Morgan fingerprint density at radius 2 is 1.41 bits per heavy atom. The van der Waals surface area contributed by atoms with Crippen LogP contribution in [0.2, 0.25) is 0 Å². The molecule has 0 radical (unpaired) electrons. The van der Waals surface area contributed by atoms with Gasteiger partial charge in [0.05, 0.1) is 0 Å². The van der Waals surface area contributed by atoms with Crippen molar-refractivity contribution >= 4 is 22.1 Å². The molecule has 0 saturated heterocycles. The van der Waals surface area contributed by atoms with Gasteiger partial charge in [0.1, 0.15) is 0 Å². The van der Waals surface area contributed by atoms with Crippen molar-refractivity contribution in [1.29, 1.82) is 0 Å². The molecule has 0 heterocycles. The van der Waals surface area contributed by atoms with Gasteiger partial charge in [-0.15, -0.1) is 0 Å². The van der Waals surface area contributed by atoms with E-state index in [1.165, 1.54) is 0 Å². The Morgan fingerprint density at radius 1 is 1.06 bits per heavy atom. The minimum Gasteiger partial charge on any atom is -0.487 e. The zero-order valence-electron chi connectivity index (χ0n) is 8.54. The Morgan fingerprint density at radius 3 is 1.65 bits per heavy atom. The molecular formula is C8H5LiO7S. The summed E-state index contributed by atoms with van der Waals surface area (Å²) in [4.78, 5) is 20.2. The minimum atomic E-state index is -4.94. The van der Waals surface area contributed by atoms with Crippen LogP contribution in [0.1, 0.15) is 20.7 Å². The van der Waals surface area contributed by atoms with Gasteiger partial charge in [-0.05, 0) is 11.1 Å². The quantitative estimate of drug-likeness (QED) is 0.299. The van der Waals surface area contributed by atoms with E-state index >= 15 is 0 Å². The molecule has 0 saturated carbocycles. The van der Waals surface area contributed by atoms with Crippen LogP contribution in [-0.2, 0) is 10.1 Å². The first-order valence-corrected chi connectivity index (χ1v) is 5.17. The number of benzene rings is 1. The molecule has 0 aliphatic rings. The fourth-order valence-electron chi connectivity index (χ4n) is 1.08.